The molecule has 1 heterocycles. The molecule has 0 aromatic carbocycles. The van der Waals surface area contributed by atoms with Crippen LogP contribution in [-0.2, 0) is 28.8 Å². The fourth-order valence-corrected chi connectivity index (χ4v) is 5.74. The maximum Gasteiger partial charge on any atom is 0.317 e. The van der Waals surface area contributed by atoms with Crippen LogP contribution in [0.15, 0.2) is 0 Å². The lowest BCUT2D eigenvalue weighted by Crippen LogP contribution is -2.50. The number of aliphatic hydroxyl groups is 1. The van der Waals surface area contributed by atoms with Gasteiger partial charge < -0.3 is 36.1 Å². The molecule has 1 aliphatic heterocycles. The Kier molecular flexibility index (Phi) is 32.3. The number of hydrogen-bond acceptors (Lipinski definition) is 12. The molecule has 0 bridgehead atoms. The number of rotatable bonds is 16. The molecule has 16 nitrogen and oxygen atoms in total. The summed E-state index contributed by atoms with van der Waals surface area (Å²) in [4.78, 5) is 75.5. The van der Waals surface area contributed by atoms with Gasteiger partial charge in [0.15, 0.2) is 0 Å². The van der Waals surface area contributed by atoms with E-state index in [1.807, 2.05) is 23.6 Å². The van der Waals surface area contributed by atoms with E-state index in [1.165, 1.54) is 13.3 Å². The second kappa shape index (κ2) is 32.9. The number of carboxylic acids is 2. The molecule has 0 aromatic heterocycles. The molecule has 1 aliphatic carbocycles. The number of Topliss-reactive ketones (excluding diaryl/α,β-unsaturated/α-hetero) is 1. The summed E-state index contributed by atoms with van der Waals surface area (Å²) >= 11 is 0. The van der Waals surface area contributed by atoms with E-state index in [0.717, 1.165) is 58.3 Å². The van der Waals surface area contributed by atoms with Crippen LogP contribution in [0.5, 0.6) is 0 Å². The maximum absolute atomic E-state index is 12.7. The van der Waals surface area contributed by atoms with Crippen molar-refractivity contribution in [2.45, 2.75) is 91.1 Å². The average molecular weight is 732 g/mol. The zero-order chi connectivity index (χ0) is 39.0. The smallest absolute Gasteiger partial charge is 0.317 e. The number of carbonyl (C=O) groups excluding carboxylic acids is 4. The highest BCUT2D eigenvalue weighted by atomic mass is 16.4. The van der Waals surface area contributed by atoms with Crippen LogP contribution < -0.4 is 16.0 Å². The molecular formula is C35H69N7O9. The van der Waals surface area contributed by atoms with Crippen molar-refractivity contribution in [3.8, 4) is 0 Å². The molecule has 2 aliphatic rings. The Morgan fingerprint density at radius 2 is 1.18 bits per heavy atom. The van der Waals surface area contributed by atoms with Gasteiger partial charge in [-0.2, -0.15) is 0 Å². The van der Waals surface area contributed by atoms with Crippen LogP contribution in [0, 0.1) is 0 Å². The Morgan fingerprint density at radius 3 is 1.57 bits per heavy atom. The number of likely N-dealkylation sites (N-methyl/N-ethyl adjacent to an activating group) is 1. The number of unbranched alkanes of at least 4 members (excludes halogenated alkanes) is 1. The van der Waals surface area contributed by atoms with Crippen molar-refractivity contribution in [3.63, 3.8) is 0 Å². The van der Waals surface area contributed by atoms with Gasteiger partial charge in [-0.05, 0) is 46.1 Å². The molecule has 2 amide bonds. The molecule has 0 spiro atoms. The number of ketones is 1. The number of hydrogen-bond donors (Lipinski definition) is 6. The molecule has 1 unspecified atom stereocenters. The summed E-state index contributed by atoms with van der Waals surface area (Å²) in [5.74, 6) is -1.73. The predicted octanol–water partition coefficient (Wildman–Crippen LogP) is 0.130. The van der Waals surface area contributed by atoms with Gasteiger partial charge in [-0.15, -0.1) is 0 Å². The fraction of sp³-hybridized carbons (Fsp3) is 0.829. The lowest BCUT2D eigenvalue weighted by molar-refractivity contribution is -0.140. The zero-order valence-electron chi connectivity index (χ0n) is 32.2. The summed E-state index contributed by atoms with van der Waals surface area (Å²) in [5, 5.41) is 34.3. The molecule has 2 fully saturated rings. The minimum Gasteiger partial charge on any atom is -0.480 e. The van der Waals surface area contributed by atoms with Crippen LogP contribution in [-0.4, -0.2) is 182 Å². The molecule has 1 atom stereocenters. The molecule has 0 radical (unpaired) electrons. The van der Waals surface area contributed by atoms with Crippen LogP contribution >= 0.6 is 0 Å². The van der Waals surface area contributed by atoms with Crippen molar-refractivity contribution in [2.24, 2.45) is 0 Å². The quantitative estimate of drug-likeness (QED) is 0.0921. The van der Waals surface area contributed by atoms with E-state index in [4.69, 9.17) is 5.11 Å². The third-order valence-electron chi connectivity index (χ3n) is 8.45. The molecule has 6 N–H and O–H groups in total. The molecule has 298 valence electrons. The molecule has 16 heteroatoms. The monoisotopic (exact) mass is 732 g/mol. The number of nitrogens with zero attached hydrogens (tertiary/aromatic N) is 4. The Morgan fingerprint density at radius 1 is 0.725 bits per heavy atom. The van der Waals surface area contributed by atoms with Crippen molar-refractivity contribution in [3.05, 3.63) is 0 Å². The van der Waals surface area contributed by atoms with Crippen LogP contribution in [0.1, 0.15) is 79.1 Å². The van der Waals surface area contributed by atoms with Crippen LogP contribution in [0.3, 0.4) is 0 Å². The first kappa shape index (κ1) is 50.1. The number of nitrogens with one attached hydrogen (secondary N) is 3. The third-order valence-corrected chi connectivity index (χ3v) is 8.45. The lowest BCUT2D eigenvalue weighted by atomic mass is 9.95. The molecule has 1 saturated carbocycles. The third kappa shape index (κ3) is 28.3. The largest absolute Gasteiger partial charge is 0.480 e. The van der Waals surface area contributed by atoms with Crippen molar-refractivity contribution >= 4 is 35.8 Å². The summed E-state index contributed by atoms with van der Waals surface area (Å²) in [6, 6.07) is 0.196. The minimum atomic E-state index is -0.941. The van der Waals surface area contributed by atoms with Gasteiger partial charge in [-0.3, -0.25) is 43.6 Å². The summed E-state index contributed by atoms with van der Waals surface area (Å²) in [6.45, 7) is 11.9. The molecule has 51 heavy (non-hydrogen) atoms. The van der Waals surface area contributed by atoms with Gasteiger partial charge in [0.05, 0.1) is 32.2 Å². The Bertz CT molecular complexity index is 968. The number of carboxylic acid groups (broad SMARTS) is 2. The van der Waals surface area contributed by atoms with Gasteiger partial charge >= 0.3 is 11.9 Å². The van der Waals surface area contributed by atoms with E-state index in [1.54, 1.807) is 23.8 Å². The van der Waals surface area contributed by atoms with Crippen LogP contribution in [0.25, 0.3) is 0 Å². The predicted molar refractivity (Wildman–Crippen MR) is 198 cm³/mol. The van der Waals surface area contributed by atoms with Gasteiger partial charge in [0, 0.05) is 79.0 Å². The Hall–Kier alpha value is -3.02. The Balaban J connectivity index is 0. The summed E-state index contributed by atoms with van der Waals surface area (Å²) in [7, 11) is 2.79. The van der Waals surface area contributed by atoms with E-state index >= 15 is 0 Å². The van der Waals surface area contributed by atoms with Crippen LogP contribution in [0.2, 0.25) is 0 Å². The van der Waals surface area contributed by atoms with E-state index in [9.17, 15) is 39.0 Å². The van der Waals surface area contributed by atoms with Crippen LogP contribution in [0.4, 0.5) is 0 Å². The van der Waals surface area contributed by atoms with E-state index < -0.39 is 11.9 Å². The molecule has 2 rings (SSSR count). The first-order chi connectivity index (χ1) is 24.4. The van der Waals surface area contributed by atoms with E-state index in [0.29, 0.717) is 58.9 Å². The highest BCUT2D eigenvalue weighted by Gasteiger charge is 2.22. The first-order valence-corrected chi connectivity index (χ1v) is 18.4. The van der Waals surface area contributed by atoms with Crippen molar-refractivity contribution in [2.75, 3.05) is 99.2 Å². The minimum absolute atomic E-state index is 0.00161. The second-order valence-corrected chi connectivity index (χ2v) is 12.4. The second-order valence-electron chi connectivity index (χ2n) is 12.4. The number of amides is 2. The summed E-state index contributed by atoms with van der Waals surface area (Å²) in [5.41, 5.74) is 0. The maximum atomic E-state index is 12.7. The highest BCUT2D eigenvalue weighted by molar-refractivity contribution is 5.81. The van der Waals surface area contributed by atoms with Gasteiger partial charge in [0.2, 0.25) is 11.8 Å². The standard InChI is InChI=1S/C22H39N5O6.C10H20N2O2.C2H6.CH4O/c28-15-14-24-6-8-25(16-20(29)23-19-4-2-1-3-5-19)10-11-27(18-22(32)33)13-12-26(9-7-24)17-21(30)31;1-8(13)10(11-3)6-4-5-7-12-9(2)14;2*1-2/h15,19H,1-14,16-18H2,(H,23,29)(H,30,31)(H,32,33);10-11H,4-7H2,1-3H3,(H,12,14);1-2H3;2H,1H3. The molecular weight excluding hydrogens is 662 g/mol. The van der Waals surface area contributed by atoms with Gasteiger partial charge in [-0.1, -0.05) is 33.1 Å². The number of aliphatic carboxylic acids is 2. The summed E-state index contributed by atoms with van der Waals surface area (Å²) < 4.78 is 0. The van der Waals surface area contributed by atoms with Crippen molar-refractivity contribution < 1.29 is 44.1 Å². The fourth-order valence-electron chi connectivity index (χ4n) is 5.74. The average Bonchev–Trinajstić information content (AvgIpc) is 3.09. The molecule has 0 aromatic rings. The van der Waals surface area contributed by atoms with Crippen molar-refractivity contribution in [1.29, 1.82) is 0 Å². The Labute approximate surface area is 305 Å². The van der Waals surface area contributed by atoms with E-state index in [2.05, 4.69) is 16.0 Å². The summed E-state index contributed by atoms with van der Waals surface area (Å²) in [6.07, 6.45) is 9.06. The van der Waals surface area contributed by atoms with Gasteiger partial charge in [0.25, 0.3) is 0 Å². The SMILES string of the molecule is CC.CNC(CCCCNC(C)=O)C(C)=O.CO.O=CCN1CCN(CC(=O)O)CCN(CC(=O)O)CCN(CC(=O)NC2CCCCC2)CC1. The van der Waals surface area contributed by atoms with Crippen molar-refractivity contribution in [1.82, 2.24) is 35.6 Å². The number of carbonyl (C=O) groups is 6. The number of aldehydes is 1. The highest BCUT2D eigenvalue weighted by Crippen LogP contribution is 2.17. The topological polar surface area (TPSA) is 212 Å². The van der Waals surface area contributed by atoms with Gasteiger partial charge in [-0.25, -0.2) is 0 Å². The van der Waals surface area contributed by atoms with E-state index in [-0.39, 0.29) is 55.9 Å². The van der Waals surface area contributed by atoms with Gasteiger partial charge in [0.1, 0.15) is 12.1 Å². The first-order valence-electron chi connectivity index (χ1n) is 18.4. The zero-order valence-corrected chi connectivity index (χ0v) is 32.2. The normalized spacial score (nSPS) is 17.5. The lowest BCUT2D eigenvalue weighted by Gasteiger charge is -2.33. The molecule has 1 saturated heterocycles. The number of aliphatic hydroxyl groups excluding tert-OH is 1.